The van der Waals surface area contributed by atoms with Crippen LogP contribution in [0, 0.1) is 5.82 Å². The van der Waals surface area contributed by atoms with E-state index in [0.717, 1.165) is 11.3 Å². The fourth-order valence-electron chi connectivity index (χ4n) is 2.95. The molecular formula is C22H17BrFN5OS. The van der Waals surface area contributed by atoms with E-state index in [4.69, 9.17) is 5.73 Å². The Hall–Kier alpha value is -3.17. The minimum Gasteiger partial charge on any atom is -0.399 e. The van der Waals surface area contributed by atoms with Crippen molar-refractivity contribution in [2.45, 2.75) is 5.16 Å². The predicted octanol–water partition coefficient (Wildman–Crippen LogP) is 5.15. The lowest BCUT2D eigenvalue weighted by Gasteiger charge is -2.11. The smallest absolute Gasteiger partial charge is 0.234 e. The third kappa shape index (κ3) is 4.95. The van der Waals surface area contributed by atoms with Crippen LogP contribution in [-0.4, -0.2) is 26.4 Å². The highest BCUT2D eigenvalue weighted by Gasteiger charge is 2.18. The summed E-state index contributed by atoms with van der Waals surface area (Å²) in [5.41, 5.74) is 8.34. The van der Waals surface area contributed by atoms with Crippen molar-refractivity contribution in [1.29, 1.82) is 0 Å². The Morgan fingerprint density at radius 2 is 1.87 bits per heavy atom. The predicted molar refractivity (Wildman–Crippen MR) is 125 cm³/mol. The van der Waals surface area contributed by atoms with Gasteiger partial charge in [-0.2, -0.15) is 0 Å². The number of hydrogen-bond donors (Lipinski definition) is 2. The molecule has 0 bridgehead atoms. The van der Waals surface area contributed by atoms with Crippen molar-refractivity contribution < 1.29 is 9.18 Å². The van der Waals surface area contributed by atoms with Gasteiger partial charge in [0.2, 0.25) is 5.91 Å². The molecule has 4 rings (SSSR count). The Kier molecular flexibility index (Phi) is 6.34. The van der Waals surface area contributed by atoms with Crippen LogP contribution in [0.5, 0.6) is 0 Å². The molecule has 31 heavy (non-hydrogen) atoms. The number of benzene rings is 3. The van der Waals surface area contributed by atoms with E-state index in [2.05, 4.69) is 31.4 Å². The molecular weight excluding hydrogens is 481 g/mol. The maximum absolute atomic E-state index is 14.0. The molecule has 0 aliphatic carbocycles. The van der Waals surface area contributed by atoms with Gasteiger partial charge in [-0.3, -0.25) is 9.36 Å². The normalized spacial score (nSPS) is 10.8. The van der Waals surface area contributed by atoms with Crippen molar-refractivity contribution >= 4 is 45.0 Å². The van der Waals surface area contributed by atoms with Gasteiger partial charge in [-0.1, -0.05) is 58.0 Å². The van der Waals surface area contributed by atoms with Crippen molar-refractivity contribution in [2.24, 2.45) is 0 Å². The maximum atomic E-state index is 14.0. The second kappa shape index (κ2) is 9.32. The lowest BCUT2D eigenvalue weighted by Crippen LogP contribution is -2.15. The molecule has 0 aliphatic heterocycles. The Labute approximate surface area is 190 Å². The van der Waals surface area contributed by atoms with Gasteiger partial charge in [0.15, 0.2) is 11.0 Å². The molecule has 1 aromatic heterocycles. The van der Waals surface area contributed by atoms with E-state index in [1.807, 2.05) is 53.1 Å². The second-order valence-corrected chi connectivity index (χ2v) is 8.42. The summed E-state index contributed by atoms with van der Waals surface area (Å²) >= 11 is 4.41. The minimum absolute atomic E-state index is 0.0391. The van der Waals surface area contributed by atoms with Crippen molar-refractivity contribution in [3.63, 3.8) is 0 Å². The summed E-state index contributed by atoms with van der Waals surface area (Å²) in [6, 6.07) is 21.4. The van der Waals surface area contributed by atoms with Gasteiger partial charge in [0.1, 0.15) is 5.82 Å². The van der Waals surface area contributed by atoms with E-state index in [1.165, 1.54) is 23.9 Å². The molecule has 1 amide bonds. The molecule has 0 saturated heterocycles. The van der Waals surface area contributed by atoms with Gasteiger partial charge >= 0.3 is 0 Å². The van der Waals surface area contributed by atoms with Gasteiger partial charge in [-0.15, -0.1) is 10.2 Å². The molecule has 0 fully saturated rings. The minimum atomic E-state index is -0.510. The molecule has 6 nitrogen and oxygen atoms in total. The molecule has 9 heteroatoms. The van der Waals surface area contributed by atoms with Gasteiger partial charge in [0.05, 0.1) is 11.4 Å². The van der Waals surface area contributed by atoms with Gasteiger partial charge in [-0.25, -0.2) is 4.39 Å². The number of anilines is 2. The Bertz CT molecular complexity index is 1230. The number of aromatic nitrogens is 3. The van der Waals surface area contributed by atoms with Gasteiger partial charge in [-0.05, 0) is 42.5 Å². The van der Waals surface area contributed by atoms with Crippen LogP contribution in [0.15, 0.2) is 82.4 Å². The van der Waals surface area contributed by atoms with Crippen molar-refractivity contribution in [3.05, 3.63) is 83.1 Å². The Morgan fingerprint density at radius 3 is 2.61 bits per heavy atom. The van der Waals surface area contributed by atoms with Crippen LogP contribution in [-0.2, 0) is 4.79 Å². The third-order valence-electron chi connectivity index (χ3n) is 4.33. The van der Waals surface area contributed by atoms with Crippen LogP contribution in [0.1, 0.15) is 0 Å². The number of amides is 1. The molecule has 1 heterocycles. The number of carbonyl (C=O) groups is 1. The van der Waals surface area contributed by atoms with Crippen LogP contribution in [0.4, 0.5) is 15.8 Å². The molecule has 4 aromatic rings. The fourth-order valence-corrected chi connectivity index (χ4v) is 4.03. The standard InChI is InChI=1S/C22H17BrFN5OS/c23-15-9-10-19(18(24)12-15)26-20(30)13-31-22-28-27-21(14-5-4-6-16(25)11-14)29(22)17-7-2-1-3-8-17/h1-12H,13,25H2,(H,26,30). The van der Waals surface area contributed by atoms with Gasteiger partial charge in [0, 0.05) is 21.4 Å². The number of nitrogens with zero attached hydrogens (tertiary/aromatic N) is 3. The van der Waals surface area contributed by atoms with Crippen molar-refractivity contribution in [3.8, 4) is 17.1 Å². The number of rotatable bonds is 6. The highest BCUT2D eigenvalue weighted by Crippen LogP contribution is 2.29. The van der Waals surface area contributed by atoms with Crippen LogP contribution in [0.2, 0.25) is 0 Å². The zero-order valence-corrected chi connectivity index (χ0v) is 18.5. The number of hydrogen-bond acceptors (Lipinski definition) is 5. The van der Waals surface area contributed by atoms with E-state index in [9.17, 15) is 9.18 Å². The molecule has 156 valence electrons. The molecule has 0 saturated carbocycles. The first-order chi connectivity index (χ1) is 15.0. The molecule has 0 radical (unpaired) electrons. The quantitative estimate of drug-likeness (QED) is 0.284. The third-order valence-corrected chi connectivity index (χ3v) is 5.75. The number of carbonyl (C=O) groups excluding carboxylic acids is 1. The average Bonchev–Trinajstić information content (AvgIpc) is 3.19. The Balaban J connectivity index is 1.59. The monoisotopic (exact) mass is 497 g/mol. The van der Waals surface area contributed by atoms with E-state index in [0.29, 0.717) is 21.1 Å². The van der Waals surface area contributed by atoms with Crippen LogP contribution in [0.25, 0.3) is 17.1 Å². The molecule has 0 spiro atoms. The van der Waals surface area contributed by atoms with Crippen molar-refractivity contribution in [2.75, 3.05) is 16.8 Å². The number of nitrogens with two attached hydrogens (primary N) is 1. The summed E-state index contributed by atoms with van der Waals surface area (Å²) in [7, 11) is 0. The number of thioether (sulfide) groups is 1. The molecule has 3 aromatic carbocycles. The zero-order chi connectivity index (χ0) is 21.8. The number of halogens is 2. The average molecular weight is 498 g/mol. The number of para-hydroxylation sites is 1. The summed E-state index contributed by atoms with van der Waals surface area (Å²) in [4.78, 5) is 12.4. The largest absolute Gasteiger partial charge is 0.399 e. The first-order valence-electron chi connectivity index (χ1n) is 9.26. The van der Waals surface area contributed by atoms with Gasteiger partial charge in [0.25, 0.3) is 0 Å². The SMILES string of the molecule is Nc1cccc(-c2nnc(SCC(=O)Nc3ccc(Br)cc3F)n2-c2ccccc2)c1. The zero-order valence-electron chi connectivity index (χ0n) is 16.1. The lowest BCUT2D eigenvalue weighted by atomic mass is 10.2. The molecule has 3 N–H and O–H groups in total. The molecule has 0 atom stereocenters. The van der Waals surface area contributed by atoms with Crippen molar-refractivity contribution in [1.82, 2.24) is 14.8 Å². The molecule has 0 unspecified atom stereocenters. The second-order valence-electron chi connectivity index (χ2n) is 6.56. The summed E-state index contributed by atoms with van der Waals surface area (Å²) in [6.45, 7) is 0. The highest BCUT2D eigenvalue weighted by molar-refractivity contribution is 9.10. The highest BCUT2D eigenvalue weighted by atomic mass is 79.9. The first kappa shape index (κ1) is 21.1. The lowest BCUT2D eigenvalue weighted by molar-refractivity contribution is -0.113. The van der Waals surface area contributed by atoms with Crippen LogP contribution >= 0.6 is 27.7 Å². The molecule has 0 aliphatic rings. The van der Waals surface area contributed by atoms with Crippen LogP contribution in [0.3, 0.4) is 0 Å². The topological polar surface area (TPSA) is 85.8 Å². The van der Waals surface area contributed by atoms with E-state index in [1.54, 1.807) is 12.1 Å². The van der Waals surface area contributed by atoms with E-state index < -0.39 is 5.82 Å². The first-order valence-corrected chi connectivity index (χ1v) is 11.0. The number of nitrogens with one attached hydrogen (secondary N) is 1. The number of nitrogen functional groups attached to an aromatic ring is 1. The Morgan fingerprint density at radius 1 is 1.06 bits per heavy atom. The fraction of sp³-hybridized carbons (Fsp3) is 0.0455. The van der Waals surface area contributed by atoms with E-state index >= 15 is 0 Å². The summed E-state index contributed by atoms with van der Waals surface area (Å²) in [6.07, 6.45) is 0. The summed E-state index contributed by atoms with van der Waals surface area (Å²) < 4.78 is 16.5. The van der Waals surface area contributed by atoms with Gasteiger partial charge < -0.3 is 11.1 Å². The van der Waals surface area contributed by atoms with E-state index in [-0.39, 0.29) is 17.3 Å². The maximum Gasteiger partial charge on any atom is 0.234 e. The summed E-state index contributed by atoms with van der Waals surface area (Å²) in [5, 5.41) is 11.7. The van der Waals surface area contributed by atoms with Crippen LogP contribution < -0.4 is 11.1 Å². The summed E-state index contributed by atoms with van der Waals surface area (Å²) in [5.74, 6) is -0.207.